The van der Waals surface area contributed by atoms with E-state index < -0.39 is 10.9 Å². The van der Waals surface area contributed by atoms with E-state index in [0.29, 0.717) is 11.3 Å². The summed E-state index contributed by atoms with van der Waals surface area (Å²) in [5.41, 5.74) is 5.44. The molecule has 3 N–H and O–H groups in total. The molecule has 19 heavy (non-hydrogen) atoms. The fourth-order valence-corrected chi connectivity index (χ4v) is 1.70. The van der Waals surface area contributed by atoms with Crippen molar-refractivity contribution in [3.8, 4) is 0 Å². The van der Waals surface area contributed by atoms with Crippen LogP contribution in [0.25, 0.3) is 10.9 Å². The Labute approximate surface area is 107 Å². The molecule has 1 heterocycles. The van der Waals surface area contributed by atoms with Crippen LogP contribution in [0.15, 0.2) is 24.3 Å². The number of hydrogen-bond donors (Lipinski definition) is 3. The van der Waals surface area contributed by atoms with Gasteiger partial charge in [-0.3, -0.25) is 10.1 Å². The number of hydrazine groups is 1. The van der Waals surface area contributed by atoms with Crippen molar-refractivity contribution >= 4 is 28.4 Å². The van der Waals surface area contributed by atoms with Crippen LogP contribution >= 0.6 is 0 Å². The highest BCUT2D eigenvalue weighted by Crippen LogP contribution is 2.25. The molecule has 0 aliphatic heterocycles. The summed E-state index contributed by atoms with van der Waals surface area (Å²) in [6.07, 6.45) is 0. The Hall–Kier alpha value is -2.74. The molecular formula is C11H10N4O4. The number of anilines is 1. The quantitative estimate of drug-likeness (QED) is 0.562. The maximum Gasteiger partial charge on any atom is 0.336 e. The third-order valence-corrected chi connectivity index (χ3v) is 2.49. The third-order valence-electron chi connectivity index (χ3n) is 2.49. The van der Waals surface area contributed by atoms with Gasteiger partial charge in [-0.25, -0.2) is 15.2 Å². The van der Waals surface area contributed by atoms with Crippen molar-refractivity contribution in [2.75, 3.05) is 12.5 Å². The number of fused-ring (bicyclic) bond motifs is 1. The fraction of sp³-hybridized carbons (Fsp3) is 0.0909. The van der Waals surface area contributed by atoms with Crippen LogP contribution in [0.3, 0.4) is 0 Å². The molecule has 0 aliphatic rings. The first kappa shape index (κ1) is 12.7. The van der Waals surface area contributed by atoms with E-state index >= 15 is 0 Å². The number of benzene rings is 1. The molecule has 0 aliphatic carbocycles. The number of rotatable bonds is 4. The maximum atomic E-state index is 11.2. The molecular weight excluding hydrogens is 252 g/mol. The lowest BCUT2D eigenvalue weighted by Crippen LogP contribution is -2.16. The summed E-state index contributed by atoms with van der Waals surface area (Å²) in [5, 5.41) is 20.1. The summed E-state index contributed by atoms with van der Waals surface area (Å²) in [6.45, 7) is 0. The van der Waals surface area contributed by atoms with Gasteiger partial charge in [-0.1, -0.05) is 0 Å². The second kappa shape index (κ2) is 4.86. The molecule has 0 bridgehead atoms. The van der Waals surface area contributed by atoms with Crippen molar-refractivity contribution in [3.63, 3.8) is 0 Å². The number of carbonyl (C=O) groups is 1. The number of nitro benzene ring substituents is 1. The Bertz CT molecular complexity index is 671. The highest BCUT2D eigenvalue weighted by Gasteiger charge is 2.15. The molecule has 0 radical (unpaired) electrons. The smallest absolute Gasteiger partial charge is 0.336 e. The van der Waals surface area contributed by atoms with Crippen LogP contribution in [0, 0.1) is 10.1 Å². The Morgan fingerprint density at radius 1 is 1.42 bits per heavy atom. The lowest BCUT2D eigenvalue weighted by molar-refractivity contribution is -0.384. The number of hydrogen-bond acceptors (Lipinski definition) is 6. The number of non-ortho nitro benzene ring substituents is 1. The van der Waals surface area contributed by atoms with Gasteiger partial charge < -0.3 is 10.5 Å². The number of aromatic carboxylic acids is 1. The van der Waals surface area contributed by atoms with Crippen LogP contribution in [-0.2, 0) is 0 Å². The van der Waals surface area contributed by atoms with Crippen LogP contribution < -0.4 is 10.9 Å². The van der Waals surface area contributed by atoms with E-state index in [2.05, 4.69) is 15.8 Å². The number of nitro groups is 1. The van der Waals surface area contributed by atoms with Crippen molar-refractivity contribution in [1.82, 2.24) is 10.4 Å². The van der Waals surface area contributed by atoms with Crippen LogP contribution in [0.1, 0.15) is 10.4 Å². The third kappa shape index (κ3) is 2.43. The first-order valence-electron chi connectivity index (χ1n) is 5.28. The van der Waals surface area contributed by atoms with Crippen LogP contribution in [0.4, 0.5) is 11.5 Å². The van der Waals surface area contributed by atoms with Crippen LogP contribution in [0.5, 0.6) is 0 Å². The van der Waals surface area contributed by atoms with Gasteiger partial charge >= 0.3 is 5.97 Å². The molecule has 0 saturated carbocycles. The number of carboxylic acids is 1. The fourth-order valence-electron chi connectivity index (χ4n) is 1.70. The molecule has 0 fully saturated rings. The van der Waals surface area contributed by atoms with Crippen LogP contribution in [0.2, 0.25) is 0 Å². The Morgan fingerprint density at radius 3 is 2.74 bits per heavy atom. The predicted octanol–water partition coefficient (Wildman–Crippen LogP) is 1.39. The summed E-state index contributed by atoms with van der Waals surface area (Å²) in [5.74, 6) is -0.853. The topological polar surface area (TPSA) is 117 Å². The second-order valence-corrected chi connectivity index (χ2v) is 3.69. The summed E-state index contributed by atoms with van der Waals surface area (Å²) >= 11 is 0. The number of carboxylic acid groups (broad SMARTS) is 1. The van der Waals surface area contributed by atoms with Crippen molar-refractivity contribution in [2.24, 2.45) is 0 Å². The highest BCUT2D eigenvalue weighted by atomic mass is 16.6. The lowest BCUT2D eigenvalue weighted by Gasteiger charge is -2.07. The van der Waals surface area contributed by atoms with Crippen molar-refractivity contribution < 1.29 is 14.8 Å². The van der Waals surface area contributed by atoms with Crippen molar-refractivity contribution in [1.29, 1.82) is 0 Å². The van der Waals surface area contributed by atoms with Gasteiger partial charge in [0.25, 0.3) is 5.69 Å². The SMILES string of the molecule is CNNc1cc(C(=O)O)c2cc([N+](=O)[O-])ccc2n1. The molecule has 0 spiro atoms. The van der Waals surface area contributed by atoms with Gasteiger partial charge in [-0.05, 0) is 12.1 Å². The minimum Gasteiger partial charge on any atom is -0.478 e. The van der Waals surface area contributed by atoms with E-state index in [1.165, 1.54) is 24.3 Å². The normalized spacial score (nSPS) is 10.4. The van der Waals surface area contributed by atoms with Gasteiger partial charge in [0.15, 0.2) is 0 Å². The molecule has 8 heteroatoms. The molecule has 1 aromatic heterocycles. The highest BCUT2D eigenvalue weighted by molar-refractivity contribution is 6.04. The minimum absolute atomic E-state index is 0.0496. The van der Waals surface area contributed by atoms with Gasteiger partial charge in [-0.15, -0.1) is 0 Å². The molecule has 0 unspecified atom stereocenters. The first-order chi connectivity index (χ1) is 9.02. The predicted molar refractivity (Wildman–Crippen MR) is 68.0 cm³/mol. The summed E-state index contributed by atoms with van der Waals surface area (Å²) in [7, 11) is 1.61. The van der Waals surface area contributed by atoms with Gasteiger partial charge in [0, 0.05) is 24.6 Å². The average molecular weight is 262 g/mol. The maximum absolute atomic E-state index is 11.2. The van der Waals surface area contributed by atoms with E-state index in [0.717, 1.165) is 0 Å². The van der Waals surface area contributed by atoms with E-state index in [1.807, 2.05) is 0 Å². The Balaban J connectivity index is 2.72. The molecule has 98 valence electrons. The number of aromatic nitrogens is 1. The second-order valence-electron chi connectivity index (χ2n) is 3.69. The zero-order chi connectivity index (χ0) is 14.0. The molecule has 2 rings (SSSR count). The number of nitrogens with zero attached hydrogens (tertiary/aromatic N) is 2. The zero-order valence-electron chi connectivity index (χ0n) is 9.88. The number of pyridine rings is 1. The molecule has 0 saturated heterocycles. The molecule has 0 atom stereocenters. The zero-order valence-corrected chi connectivity index (χ0v) is 9.88. The van der Waals surface area contributed by atoms with E-state index in [9.17, 15) is 14.9 Å². The monoisotopic (exact) mass is 262 g/mol. The lowest BCUT2D eigenvalue weighted by atomic mass is 10.1. The minimum atomic E-state index is -1.17. The van der Waals surface area contributed by atoms with Gasteiger partial charge in [0.1, 0.15) is 5.82 Å². The largest absolute Gasteiger partial charge is 0.478 e. The number of nitrogens with one attached hydrogen (secondary N) is 2. The van der Waals surface area contributed by atoms with Gasteiger partial charge in [0.2, 0.25) is 0 Å². The van der Waals surface area contributed by atoms with E-state index in [-0.39, 0.29) is 16.6 Å². The van der Waals surface area contributed by atoms with E-state index in [1.54, 1.807) is 7.05 Å². The standard InChI is InChI=1S/C11H10N4O4/c1-12-14-10-5-8(11(16)17)7-4-6(15(18)19)2-3-9(7)13-10/h2-5,12H,1H3,(H,13,14)(H,16,17). The van der Waals surface area contributed by atoms with Gasteiger partial charge in [0.05, 0.1) is 16.0 Å². The van der Waals surface area contributed by atoms with Crippen LogP contribution in [-0.4, -0.2) is 28.0 Å². The average Bonchev–Trinajstić information content (AvgIpc) is 2.37. The summed E-state index contributed by atoms with van der Waals surface area (Å²) < 4.78 is 0. The summed E-state index contributed by atoms with van der Waals surface area (Å²) in [4.78, 5) is 25.5. The van der Waals surface area contributed by atoms with Gasteiger partial charge in [-0.2, -0.15) is 0 Å². The molecule has 2 aromatic rings. The molecule has 0 amide bonds. The van der Waals surface area contributed by atoms with E-state index in [4.69, 9.17) is 5.11 Å². The summed E-state index contributed by atoms with van der Waals surface area (Å²) in [6, 6.07) is 5.21. The van der Waals surface area contributed by atoms with Crippen molar-refractivity contribution in [2.45, 2.75) is 0 Å². The molecule has 1 aromatic carbocycles. The molecule has 8 nitrogen and oxygen atoms in total. The Morgan fingerprint density at radius 2 is 2.16 bits per heavy atom. The Kier molecular flexibility index (Phi) is 3.25. The van der Waals surface area contributed by atoms with Crippen molar-refractivity contribution in [3.05, 3.63) is 39.9 Å². The first-order valence-corrected chi connectivity index (χ1v) is 5.28.